The van der Waals surface area contributed by atoms with Gasteiger partial charge in [-0.1, -0.05) is 17.3 Å². The molecule has 2 saturated heterocycles. The van der Waals surface area contributed by atoms with Crippen LogP contribution in [0, 0.1) is 12.7 Å². The van der Waals surface area contributed by atoms with Crippen molar-refractivity contribution in [3.8, 4) is 5.75 Å². The number of aromatic hydroxyl groups is 1. The number of aromatic nitrogens is 1. The average molecular weight is 541 g/mol. The molecule has 2 fully saturated rings. The summed E-state index contributed by atoms with van der Waals surface area (Å²) in [7, 11) is 0. The molecule has 2 amide bonds. The van der Waals surface area contributed by atoms with Gasteiger partial charge in [-0.05, 0) is 38.3 Å². The molecule has 3 atom stereocenters. The number of amides is 2. The molecule has 206 valence electrons. The van der Waals surface area contributed by atoms with E-state index in [9.17, 15) is 23.9 Å². The Bertz CT molecular complexity index is 1450. The number of ether oxygens (including phenoxy) is 2. The molecule has 39 heavy (non-hydrogen) atoms. The van der Waals surface area contributed by atoms with E-state index in [1.807, 2.05) is 6.92 Å². The Morgan fingerprint density at radius 2 is 2.13 bits per heavy atom. The van der Waals surface area contributed by atoms with E-state index in [-0.39, 0.29) is 42.1 Å². The van der Waals surface area contributed by atoms with Crippen LogP contribution in [-0.2, 0) is 20.9 Å². The van der Waals surface area contributed by atoms with Gasteiger partial charge in [0.25, 0.3) is 11.8 Å². The lowest BCUT2D eigenvalue weighted by molar-refractivity contribution is -0.0869. The van der Waals surface area contributed by atoms with Gasteiger partial charge in [-0.2, -0.15) is 0 Å². The van der Waals surface area contributed by atoms with Gasteiger partial charge in [0.05, 0.1) is 25.7 Å². The molecule has 4 aliphatic rings. The molecule has 12 heteroatoms. The summed E-state index contributed by atoms with van der Waals surface area (Å²) in [5.41, 5.74) is -1.47. The van der Waals surface area contributed by atoms with Crippen molar-refractivity contribution in [2.75, 3.05) is 19.8 Å². The molecule has 1 aromatic carbocycles. The Morgan fingerprint density at radius 3 is 2.85 bits per heavy atom. The third-order valence-corrected chi connectivity index (χ3v) is 8.09. The van der Waals surface area contributed by atoms with Crippen LogP contribution < -0.4 is 10.7 Å². The zero-order valence-electron chi connectivity index (χ0n) is 21.6. The van der Waals surface area contributed by atoms with E-state index >= 15 is 0 Å². The van der Waals surface area contributed by atoms with Gasteiger partial charge < -0.3 is 34.2 Å². The Morgan fingerprint density at radius 1 is 1.33 bits per heavy atom. The second-order valence-corrected chi connectivity index (χ2v) is 10.7. The lowest BCUT2D eigenvalue weighted by Crippen LogP contribution is -2.52. The van der Waals surface area contributed by atoms with E-state index in [4.69, 9.17) is 14.3 Å². The van der Waals surface area contributed by atoms with Crippen molar-refractivity contribution < 1.29 is 33.4 Å². The Kier molecular flexibility index (Phi) is 6.09. The molecule has 0 aliphatic carbocycles. The topological polar surface area (TPSA) is 132 Å². The standard InChI is InChI=1S/C27H29FN4O7/c1-14-3-4-16(19(28)7-14)9-29-25(35)18-10-32-20-11-31(26(36)22(32)24(34)23(18)33)15(2)5-6-27(20)8-21(30-39-27)38-17-12-37-13-17/h3-4,7,10,15,17,20,34H,5-6,8-9,11-13H2,1-2H3,(H,29,35)/t15-,20?,27-/m0/s1. The maximum atomic E-state index is 14.3. The zero-order chi connectivity index (χ0) is 27.5. The van der Waals surface area contributed by atoms with Gasteiger partial charge in [0.2, 0.25) is 11.3 Å². The molecule has 0 saturated carbocycles. The van der Waals surface area contributed by atoms with Crippen molar-refractivity contribution in [2.24, 2.45) is 5.16 Å². The Hall–Kier alpha value is -3.93. The fourth-order valence-electron chi connectivity index (χ4n) is 5.69. The lowest BCUT2D eigenvalue weighted by Gasteiger charge is -2.41. The number of carbonyl (C=O) groups is 2. The monoisotopic (exact) mass is 540 g/mol. The maximum absolute atomic E-state index is 14.3. The van der Waals surface area contributed by atoms with Gasteiger partial charge in [-0.15, -0.1) is 0 Å². The quantitative estimate of drug-likeness (QED) is 0.606. The fraction of sp³-hybridized carbons (Fsp3) is 0.481. The Balaban J connectivity index is 1.35. The number of benzene rings is 1. The molecule has 2 N–H and O–H groups in total. The summed E-state index contributed by atoms with van der Waals surface area (Å²) < 4.78 is 26.8. The van der Waals surface area contributed by atoms with Crippen LogP contribution in [0.1, 0.15) is 64.2 Å². The highest BCUT2D eigenvalue weighted by molar-refractivity contribution is 5.99. The highest BCUT2D eigenvalue weighted by atomic mass is 19.1. The summed E-state index contributed by atoms with van der Waals surface area (Å²) in [6.45, 7) is 4.67. The van der Waals surface area contributed by atoms with E-state index in [1.165, 1.54) is 16.8 Å². The third kappa shape index (κ3) is 4.22. The second-order valence-electron chi connectivity index (χ2n) is 10.7. The van der Waals surface area contributed by atoms with Gasteiger partial charge in [-0.25, -0.2) is 4.39 Å². The molecule has 1 unspecified atom stereocenters. The first-order chi connectivity index (χ1) is 18.7. The number of pyridine rings is 1. The predicted octanol–water partition coefficient (Wildman–Crippen LogP) is 2.00. The molecule has 0 radical (unpaired) electrons. The van der Waals surface area contributed by atoms with E-state index in [0.29, 0.717) is 38.4 Å². The van der Waals surface area contributed by atoms with Gasteiger partial charge in [0.1, 0.15) is 17.5 Å². The molecule has 1 spiro atoms. The number of fused-ring (bicyclic) bond motifs is 5. The van der Waals surface area contributed by atoms with Gasteiger partial charge in [-0.3, -0.25) is 14.4 Å². The minimum atomic E-state index is -0.976. The number of oxime groups is 1. The van der Waals surface area contributed by atoms with E-state index in [1.54, 1.807) is 24.0 Å². The molecule has 2 aromatic rings. The van der Waals surface area contributed by atoms with Gasteiger partial charge in [0.15, 0.2) is 17.0 Å². The van der Waals surface area contributed by atoms with Gasteiger partial charge >= 0.3 is 0 Å². The summed E-state index contributed by atoms with van der Waals surface area (Å²) in [6.07, 6.45) is 2.64. The summed E-state index contributed by atoms with van der Waals surface area (Å²) in [6, 6.07) is 3.88. The molecule has 6 rings (SSSR count). The molecule has 5 heterocycles. The van der Waals surface area contributed by atoms with Crippen molar-refractivity contribution in [3.63, 3.8) is 0 Å². The first-order valence-corrected chi connectivity index (χ1v) is 13.0. The lowest BCUT2D eigenvalue weighted by atomic mass is 9.85. The average Bonchev–Trinajstić information content (AvgIpc) is 3.24. The number of hydrogen-bond acceptors (Lipinski definition) is 8. The summed E-state index contributed by atoms with van der Waals surface area (Å²) in [5.74, 6) is -2.16. The number of nitrogens with zero attached hydrogens (tertiary/aromatic N) is 3. The van der Waals surface area contributed by atoms with Crippen molar-refractivity contribution in [1.29, 1.82) is 0 Å². The molecular formula is C27H29FN4O7. The number of halogens is 1. The Labute approximate surface area is 223 Å². The van der Waals surface area contributed by atoms with Crippen molar-refractivity contribution in [3.05, 3.63) is 62.8 Å². The largest absolute Gasteiger partial charge is 0.503 e. The van der Waals surface area contributed by atoms with Crippen molar-refractivity contribution in [2.45, 2.75) is 63.4 Å². The number of carbonyl (C=O) groups excluding carboxylic acids is 2. The minimum absolute atomic E-state index is 0.0997. The minimum Gasteiger partial charge on any atom is -0.503 e. The summed E-state index contributed by atoms with van der Waals surface area (Å²) in [4.78, 5) is 47.3. The van der Waals surface area contributed by atoms with Crippen LogP contribution in [0.25, 0.3) is 0 Å². The highest BCUT2D eigenvalue weighted by Gasteiger charge is 2.55. The normalized spacial score (nSPS) is 25.9. The molecule has 4 aliphatic heterocycles. The molecule has 1 aromatic heterocycles. The highest BCUT2D eigenvalue weighted by Crippen LogP contribution is 2.46. The first kappa shape index (κ1) is 25.4. The van der Waals surface area contributed by atoms with Crippen LogP contribution in [0.15, 0.2) is 34.3 Å². The van der Waals surface area contributed by atoms with Crippen LogP contribution in [0.4, 0.5) is 4.39 Å². The van der Waals surface area contributed by atoms with E-state index < -0.39 is 40.5 Å². The fourth-order valence-corrected chi connectivity index (χ4v) is 5.69. The van der Waals surface area contributed by atoms with E-state index in [2.05, 4.69) is 10.5 Å². The van der Waals surface area contributed by atoms with Crippen molar-refractivity contribution >= 4 is 17.7 Å². The summed E-state index contributed by atoms with van der Waals surface area (Å²) >= 11 is 0. The van der Waals surface area contributed by atoms with Gasteiger partial charge in [0, 0.05) is 30.9 Å². The predicted molar refractivity (Wildman–Crippen MR) is 135 cm³/mol. The number of hydrogen-bond donors (Lipinski definition) is 2. The second kappa shape index (κ2) is 9.37. The molecule has 2 bridgehead atoms. The van der Waals surface area contributed by atoms with Crippen molar-refractivity contribution in [1.82, 2.24) is 14.8 Å². The summed E-state index contributed by atoms with van der Waals surface area (Å²) in [5, 5.41) is 17.7. The SMILES string of the molecule is Cc1ccc(CNC(=O)c2cn3c(c(O)c2=O)C(=O)N2CC3[C@]3(CC[C@@H]2C)CC(OC2COC2)=NO3)c(F)c1. The first-order valence-electron chi connectivity index (χ1n) is 13.0. The zero-order valence-corrected chi connectivity index (χ0v) is 21.6. The molecular weight excluding hydrogens is 511 g/mol. The molecule has 11 nitrogen and oxygen atoms in total. The number of rotatable bonds is 4. The van der Waals surface area contributed by atoms with Crippen LogP contribution in [0.3, 0.4) is 0 Å². The number of nitrogens with one attached hydrogen (secondary N) is 1. The number of aryl methyl sites for hydroxylation is 1. The van der Waals surface area contributed by atoms with Crippen LogP contribution >= 0.6 is 0 Å². The van der Waals surface area contributed by atoms with E-state index in [0.717, 1.165) is 5.56 Å². The smallest absolute Gasteiger partial charge is 0.274 e. The van der Waals surface area contributed by atoms with Crippen LogP contribution in [0.5, 0.6) is 5.75 Å². The van der Waals surface area contributed by atoms with Crippen LogP contribution in [-0.4, -0.2) is 69.8 Å². The third-order valence-electron chi connectivity index (χ3n) is 8.09. The van der Waals surface area contributed by atoms with Crippen LogP contribution in [0.2, 0.25) is 0 Å². The maximum Gasteiger partial charge on any atom is 0.274 e.